The van der Waals surface area contributed by atoms with Crippen molar-refractivity contribution in [1.82, 2.24) is 5.32 Å². The van der Waals surface area contributed by atoms with Crippen LogP contribution in [-0.2, 0) is 4.74 Å². The molecule has 0 unspecified atom stereocenters. The van der Waals surface area contributed by atoms with E-state index >= 15 is 0 Å². The number of cyclic esters (lactones) is 1. The monoisotopic (exact) mass is 199 g/mol. The predicted octanol–water partition coefficient (Wildman–Crippen LogP) is 1.04. The van der Waals surface area contributed by atoms with E-state index in [1.165, 1.54) is 19.3 Å². The van der Waals surface area contributed by atoms with E-state index in [2.05, 4.69) is 5.32 Å². The van der Waals surface area contributed by atoms with E-state index in [9.17, 15) is 4.79 Å². The molecular formula is C10H17NO3. The van der Waals surface area contributed by atoms with E-state index in [1.54, 1.807) is 0 Å². The minimum atomic E-state index is -0.375. The SMILES string of the molecule is O=C1N[C@@H](CO)[C@H](C2CCCCC2)O1. The van der Waals surface area contributed by atoms with Crippen molar-refractivity contribution < 1.29 is 14.6 Å². The first-order valence-electron chi connectivity index (χ1n) is 5.39. The third-order valence-electron chi connectivity index (χ3n) is 3.25. The molecule has 14 heavy (non-hydrogen) atoms. The Bertz CT molecular complexity index is 213. The summed E-state index contributed by atoms with van der Waals surface area (Å²) >= 11 is 0. The number of hydrogen-bond donors (Lipinski definition) is 2. The number of rotatable bonds is 2. The molecular weight excluding hydrogens is 182 g/mol. The number of amides is 1. The van der Waals surface area contributed by atoms with Gasteiger partial charge in [0.15, 0.2) is 0 Å². The number of carbonyl (C=O) groups excluding carboxylic acids is 1. The zero-order valence-electron chi connectivity index (χ0n) is 8.24. The van der Waals surface area contributed by atoms with Gasteiger partial charge in [-0.1, -0.05) is 19.3 Å². The second kappa shape index (κ2) is 4.17. The van der Waals surface area contributed by atoms with E-state index in [-0.39, 0.29) is 24.8 Å². The number of alkyl carbamates (subject to hydrolysis) is 1. The average molecular weight is 199 g/mol. The molecule has 1 heterocycles. The first-order chi connectivity index (χ1) is 6.81. The van der Waals surface area contributed by atoms with Crippen LogP contribution in [0.15, 0.2) is 0 Å². The highest BCUT2D eigenvalue weighted by molar-refractivity contribution is 5.70. The maximum atomic E-state index is 11.0. The molecule has 80 valence electrons. The van der Waals surface area contributed by atoms with Gasteiger partial charge >= 0.3 is 6.09 Å². The molecule has 1 aliphatic carbocycles. The zero-order valence-corrected chi connectivity index (χ0v) is 8.24. The van der Waals surface area contributed by atoms with Gasteiger partial charge in [0, 0.05) is 0 Å². The van der Waals surface area contributed by atoms with Crippen LogP contribution < -0.4 is 5.32 Å². The molecule has 0 bridgehead atoms. The third kappa shape index (κ3) is 1.85. The quantitative estimate of drug-likeness (QED) is 0.698. The van der Waals surface area contributed by atoms with Crippen LogP contribution in [0.25, 0.3) is 0 Å². The van der Waals surface area contributed by atoms with Crippen molar-refractivity contribution in [2.45, 2.75) is 44.2 Å². The summed E-state index contributed by atoms with van der Waals surface area (Å²) in [7, 11) is 0. The molecule has 1 saturated carbocycles. The Hall–Kier alpha value is -0.770. The lowest BCUT2D eigenvalue weighted by Crippen LogP contribution is -2.39. The maximum absolute atomic E-state index is 11.0. The van der Waals surface area contributed by atoms with Gasteiger partial charge in [0.1, 0.15) is 6.10 Å². The smallest absolute Gasteiger partial charge is 0.407 e. The van der Waals surface area contributed by atoms with E-state index < -0.39 is 0 Å². The second-order valence-corrected chi connectivity index (χ2v) is 4.20. The fourth-order valence-corrected chi connectivity index (χ4v) is 2.51. The molecule has 0 aromatic rings. The number of aliphatic hydroxyl groups excluding tert-OH is 1. The molecule has 0 aromatic carbocycles. The van der Waals surface area contributed by atoms with Gasteiger partial charge < -0.3 is 15.2 Å². The van der Waals surface area contributed by atoms with Crippen LogP contribution >= 0.6 is 0 Å². The topological polar surface area (TPSA) is 58.6 Å². The highest BCUT2D eigenvalue weighted by atomic mass is 16.6. The lowest BCUT2D eigenvalue weighted by atomic mass is 9.83. The average Bonchev–Trinajstić information content (AvgIpc) is 2.61. The third-order valence-corrected chi connectivity index (χ3v) is 3.25. The normalized spacial score (nSPS) is 33.9. The Labute approximate surface area is 83.6 Å². The maximum Gasteiger partial charge on any atom is 0.407 e. The number of aliphatic hydroxyl groups is 1. The molecule has 2 fully saturated rings. The number of nitrogens with one attached hydrogen (secondary N) is 1. The van der Waals surface area contributed by atoms with Crippen LogP contribution in [0.4, 0.5) is 4.79 Å². The molecule has 0 aromatic heterocycles. The Kier molecular flexibility index (Phi) is 2.91. The van der Waals surface area contributed by atoms with E-state index in [4.69, 9.17) is 9.84 Å². The van der Waals surface area contributed by atoms with Crippen molar-refractivity contribution in [3.05, 3.63) is 0 Å². The van der Waals surface area contributed by atoms with Crippen molar-refractivity contribution in [2.24, 2.45) is 5.92 Å². The van der Waals surface area contributed by atoms with Gasteiger partial charge in [-0.2, -0.15) is 0 Å². The Morgan fingerprint density at radius 2 is 2.07 bits per heavy atom. The summed E-state index contributed by atoms with van der Waals surface area (Å²) in [5.41, 5.74) is 0. The summed E-state index contributed by atoms with van der Waals surface area (Å²) in [4.78, 5) is 11.0. The number of carbonyl (C=O) groups is 1. The van der Waals surface area contributed by atoms with E-state index in [1.807, 2.05) is 0 Å². The molecule has 4 nitrogen and oxygen atoms in total. The molecule has 1 amide bonds. The lowest BCUT2D eigenvalue weighted by molar-refractivity contribution is 0.0614. The lowest BCUT2D eigenvalue weighted by Gasteiger charge is -2.28. The standard InChI is InChI=1S/C10H17NO3/c12-6-8-9(14-10(13)11-8)7-4-2-1-3-5-7/h7-9,12H,1-6H2,(H,11,13)/t8-,9-/m0/s1. The van der Waals surface area contributed by atoms with Crippen LogP contribution in [0.1, 0.15) is 32.1 Å². The summed E-state index contributed by atoms with van der Waals surface area (Å²) < 4.78 is 5.19. The van der Waals surface area contributed by atoms with Gasteiger partial charge in [0.25, 0.3) is 0 Å². The zero-order chi connectivity index (χ0) is 9.97. The molecule has 2 atom stereocenters. The van der Waals surface area contributed by atoms with Crippen LogP contribution in [0, 0.1) is 5.92 Å². The first kappa shape index (κ1) is 9.77. The van der Waals surface area contributed by atoms with Crippen molar-refractivity contribution in [3.8, 4) is 0 Å². The summed E-state index contributed by atoms with van der Waals surface area (Å²) in [6, 6.07) is -0.189. The molecule has 2 rings (SSSR count). The first-order valence-corrected chi connectivity index (χ1v) is 5.39. The summed E-state index contributed by atoms with van der Waals surface area (Å²) in [5, 5.41) is 11.7. The molecule has 2 N–H and O–H groups in total. The van der Waals surface area contributed by atoms with Gasteiger partial charge in [0.2, 0.25) is 0 Å². The summed E-state index contributed by atoms with van der Waals surface area (Å²) in [5.74, 6) is 0.444. The Morgan fingerprint density at radius 3 is 2.71 bits per heavy atom. The van der Waals surface area contributed by atoms with E-state index in [0.29, 0.717) is 5.92 Å². The largest absolute Gasteiger partial charge is 0.444 e. The van der Waals surface area contributed by atoms with Crippen LogP contribution in [0.3, 0.4) is 0 Å². The van der Waals surface area contributed by atoms with Gasteiger partial charge in [-0.25, -0.2) is 4.79 Å². The number of ether oxygens (including phenoxy) is 1. The minimum absolute atomic E-state index is 0.0209. The van der Waals surface area contributed by atoms with Crippen LogP contribution in [0.5, 0.6) is 0 Å². The fourth-order valence-electron chi connectivity index (χ4n) is 2.51. The fraction of sp³-hybridized carbons (Fsp3) is 0.900. The molecule has 1 aliphatic heterocycles. The second-order valence-electron chi connectivity index (χ2n) is 4.20. The number of hydrogen-bond acceptors (Lipinski definition) is 3. The summed E-state index contributed by atoms with van der Waals surface area (Å²) in [6.07, 6.45) is 5.49. The van der Waals surface area contributed by atoms with Crippen molar-refractivity contribution in [1.29, 1.82) is 0 Å². The van der Waals surface area contributed by atoms with Gasteiger partial charge in [-0.3, -0.25) is 0 Å². The molecule has 4 heteroatoms. The van der Waals surface area contributed by atoms with Gasteiger partial charge in [-0.05, 0) is 18.8 Å². The Morgan fingerprint density at radius 1 is 1.36 bits per heavy atom. The highest BCUT2D eigenvalue weighted by Gasteiger charge is 2.39. The molecule has 0 spiro atoms. The molecule has 1 saturated heterocycles. The minimum Gasteiger partial charge on any atom is -0.444 e. The van der Waals surface area contributed by atoms with Gasteiger partial charge in [0.05, 0.1) is 12.6 Å². The Balaban J connectivity index is 1.97. The molecule has 0 radical (unpaired) electrons. The van der Waals surface area contributed by atoms with Crippen molar-refractivity contribution in [3.63, 3.8) is 0 Å². The van der Waals surface area contributed by atoms with Crippen LogP contribution in [-0.4, -0.2) is 30.0 Å². The van der Waals surface area contributed by atoms with Crippen molar-refractivity contribution in [2.75, 3.05) is 6.61 Å². The highest BCUT2D eigenvalue weighted by Crippen LogP contribution is 2.31. The van der Waals surface area contributed by atoms with Crippen molar-refractivity contribution >= 4 is 6.09 Å². The molecule has 2 aliphatic rings. The van der Waals surface area contributed by atoms with E-state index in [0.717, 1.165) is 12.8 Å². The summed E-state index contributed by atoms with van der Waals surface area (Å²) in [6.45, 7) is -0.0209. The van der Waals surface area contributed by atoms with Gasteiger partial charge in [-0.15, -0.1) is 0 Å². The van der Waals surface area contributed by atoms with Crippen LogP contribution in [0.2, 0.25) is 0 Å². The predicted molar refractivity (Wildman–Crippen MR) is 50.9 cm³/mol.